The Kier molecular flexibility index (Phi) is 5.49. The lowest BCUT2D eigenvalue weighted by atomic mass is 9.95. The summed E-state index contributed by atoms with van der Waals surface area (Å²) < 4.78 is 0. The highest BCUT2D eigenvalue weighted by Crippen LogP contribution is 2.19. The predicted molar refractivity (Wildman–Crippen MR) is 62.3 cm³/mol. The van der Waals surface area contributed by atoms with E-state index in [0.29, 0.717) is 6.04 Å². The van der Waals surface area contributed by atoms with Crippen molar-refractivity contribution in [1.82, 2.24) is 4.90 Å². The lowest BCUT2D eigenvalue weighted by Crippen LogP contribution is -2.42. The lowest BCUT2D eigenvalue weighted by molar-refractivity contribution is 0.161. The van der Waals surface area contributed by atoms with Crippen LogP contribution in [0.15, 0.2) is 0 Å². The van der Waals surface area contributed by atoms with Gasteiger partial charge >= 0.3 is 0 Å². The van der Waals surface area contributed by atoms with Crippen LogP contribution in [-0.4, -0.2) is 30.6 Å². The molecule has 2 heteroatoms. The minimum atomic E-state index is 0.399. The third-order valence-electron chi connectivity index (χ3n) is 3.33. The summed E-state index contributed by atoms with van der Waals surface area (Å²) in [6.45, 7) is 8.19. The maximum absolute atomic E-state index is 6.06. The first kappa shape index (κ1) is 12.0. The number of nitrogens with two attached hydrogens (primary N) is 1. The summed E-state index contributed by atoms with van der Waals surface area (Å²) in [5, 5.41) is 0. The van der Waals surface area contributed by atoms with E-state index < -0.39 is 0 Å². The lowest BCUT2D eigenvalue weighted by Gasteiger charge is -2.33. The first-order chi connectivity index (χ1) is 6.76. The summed E-state index contributed by atoms with van der Waals surface area (Å²) >= 11 is 0. The fourth-order valence-corrected chi connectivity index (χ4v) is 2.44. The summed E-state index contributed by atoms with van der Waals surface area (Å²) in [6.07, 6.45) is 6.52. The third kappa shape index (κ3) is 3.97. The van der Waals surface area contributed by atoms with Gasteiger partial charge in [-0.1, -0.05) is 26.7 Å². The second kappa shape index (κ2) is 6.41. The monoisotopic (exact) mass is 198 g/mol. The maximum atomic E-state index is 6.06. The number of hydrogen-bond donors (Lipinski definition) is 1. The number of rotatable bonds is 5. The van der Waals surface area contributed by atoms with Crippen LogP contribution in [0.4, 0.5) is 0 Å². The van der Waals surface area contributed by atoms with Gasteiger partial charge in [0.05, 0.1) is 0 Å². The average molecular weight is 198 g/mol. The van der Waals surface area contributed by atoms with Crippen LogP contribution in [0.3, 0.4) is 0 Å². The molecule has 14 heavy (non-hydrogen) atoms. The molecule has 1 heterocycles. The van der Waals surface area contributed by atoms with E-state index in [9.17, 15) is 0 Å². The zero-order valence-corrected chi connectivity index (χ0v) is 9.84. The van der Waals surface area contributed by atoms with Crippen LogP contribution in [0.25, 0.3) is 0 Å². The van der Waals surface area contributed by atoms with E-state index in [1.165, 1.54) is 45.2 Å². The molecular weight excluding hydrogens is 172 g/mol. The predicted octanol–water partition coefficient (Wildman–Crippen LogP) is 2.24. The van der Waals surface area contributed by atoms with E-state index in [4.69, 9.17) is 5.73 Å². The van der Waals surface area contributed by atoms with E-state index in [-0.39, 0.29) is 0 Å². The van der Waals surface area contributed by atoms with Crippen molar-refractivity contribution < 1.29 is 0 Å². The van der Waals surface area contributed by atoms with Crippen LogP contribution in [-0.2, 0) is 0 Å². The molecule has 0 aromatic heterocycles. The van der Waals surface area contributed by atoms with Gasteiger partial charge in [-0.25, -0.2) is 0 Å². The molecule has 0 saturated carbocycles. The fraction of sp³-hybridized carbons (Fsp3) is 1.00. The first-order valence-corrected chi connectivity index (χ1v) is 6.24. The van der Waals surface area contributed by atoms with Crippen LogP contribution in [0.2, 0.25) is 0 Å². The molecule has 0 radical (unpaired) electrons. The van der Waals surface area contributed by atoms with Crippen molar-refractivity contribution in [1.29, 1.82) is 0 Å². The molecule has 0 aliphatic carbocycles. The highest BCUT2D eigenvalue weighted by Gasteiger charge is 2.19. The summed E-state index contributed by atoms with van der Waals surface area (Å²) in [5.74, 6) is 0.928. The van der Waals surface area contributed by atoms with Gasteiger partial charge in [-0.2, -0.15) is 0 Å². The molecule has 1 aliphatic heterocycles. The van der Waals surface area contributed by atoms with Crippen LogP contribution in [0.5, 0.6) is 0 Å². The molecule has 0 aromatic carbocycles. The van der Waals surface area contributed by atoms with Gasteiger partial charge in [-0.15, -0.1) is 0 Å². The Labute approximate surface area is 88.8 Å². The van der Waals surface area contributed by atoms with Crippen molar-refractivity contribution >= 4 is 0 Å². The minimum Gasteiger partial charge on any atom is -0.327 e. The first-order valence-electron chi connectivity index (χ1n) is 6.24. The number of hydrogen-bond acceptors (Lipinski definition) is 2. The summed E-state index contributed by atoms with van der Waals surface area (Å²) in [4.78, 5) is 2.57. The second-order valence-electron chi connectivity index (χ2n) is 4.72. The molecule has 0 aromatic rings. The fourth-order valence-electron chi connectivity index (χ4n) is 2.44. The molecular formula is C12H26N2. The minimum absolute atomic E-state index is 0.399. The highest BCUT2D eigenvalue weighted by molar-refractivity contribution is 4.75. The van der Waals surface area contributed by atoms with Gasteiger partial charge in [0.15, 0.2) is 0 Å². The van der Waals surface area contributed by atoms with Gasteiger partial charge in [-0.05, 0) is 31.7 Å². The van der Waals surface area contributed by atoms with Crippen molar-refractivity contribution in [3.63, 3.8) is 0 Å². The van der Waals surface area contributed by atoms with Gasteiger partial charge in [-0.3, -0.25) is 0 Å². The Balaban J connectivity index is 2.22. The summed E-state index contributed by atoms with van der Waals surface area (Å²) in [7, 11) is 0. The van der Waals surface area contributed by atoms with Crippen LogP contribution in [0, 0.1) is 5.92 Å². The van der Waals surface area contributed by atoms with Crippen molar-refractivity contribution in [3.05, 3.63) is 0 Å². The highest BCUT2D eigenvalue weighted by atomic mass is 15.1. The van der Waals surface area contributed by atoms with Crippen LogP contribution in [0.1, 0.15) is 46.0 Å². The number of likely N-dealkylation sites (tertiary alicyclic amines) is 1. The van der Waals surface area contributed by atoms with Gasteiger partial charge in [0.2, 0.25) is 0 Å². The Hall–Kier alpha value is -0.0800. The van der Waals surface area contributed by atoms with Crippen molar-refractivity contribution in [2.75, 3.05) is 19.6 Å². The Morgan fingerprint density at radius 2 is 2.21 bits per heavy atom. The molecule has 84 valence electrons. The summed E-state index contributed by atoms with van der Waals surface area (Å²) in [6, 6.07) is 0.399. The quantitative estimate of drug-likeness (QED) is 0.734. The third-order valence-corrected chi connectivity index (χ3v) is 3.33. The smallest absolute Gasteiger partial charge is 0.0167 e. The van der Waals surface area contributed by atoms with E-state index >= 15 is 0 Å². The molecule has 2 unspecified atom stereocenters. The Bertz CT molecular complexity index is 147. The van der Waals surface area contributed by atoms with Crippen molar-refractivity contribution in [2.24, 2.45) is 11.7 Å². The SMILES string of the molecule is CCCC(N)CN1CCCC(CC)C1. The normalized spacial score (nSPS) is 26.4. The van der Waals surface area contributed by atoms with Crippen molar-refractivity contribution in [2.45, 2.75) is 52.0 Å². The molecule has 0 bridgehead atoms. The van der Waals surface area contributed by atoms with Gasteiger partial charge < -0.3 is 10.6 Å². The molecule has 2 nitrogen and oxygen atoms in total. The zero-order chi connectivity index (χ0) is 10.4. The maximum Gasteiger partial charge on any atom is 0.0167 e. The number of piperidine rings is 1. The molecule has 0 amide bonds. The van der Waals surface area contributed by atoms with Crippen LogP contribution >= 0.6 is 0 Å². The molecule has 2 N–H and O–H groups in total. The van der Waals surface area contributed by atoms with Gasteiger partial charge in [0, 0.05) is 19.1 Å². The van der Waals surface area contributed by atoms with E-state index in [1.54, 1.807) is 0 Å². The second-order valence-corrected chi connectivity index (χ2v) is 4.72. The Morgan fingerprint density at radius 1 is 1.43 bits per heavy atom. The molecule has 1 saturated heterocycles. The molecule has 1 fully saturated rings. The van der Waals surface area contributed by atoms with Gasteiger partial charge in [0.1, 0.15) is 0 Å². The molecule has 0 spiro atoms. The van der Waals surface area contributed by atoms with E-state index in [1.807, 2.05) is 0 Å². The van der Waals surface area contributed by atoms with Crippen molar-refractivity contribution in [3.8, 4) is 0 Å². The topological polar surface area (TPSA) is 29.3 Å². The standard InChI is InChI=1S/C12H26N2/c1-3-6-12(13)10-14-8-5-7-11(4-2)9-14/h11-12H,3-10,13H2,1-2H3. The number of nitrogens with zero attached hydrogens (tertiary/aromatic N) is 1. The summed E-state index contributed by atoms with van der Waals surface area (Å²) in [5.41, 5.74) is 6.06. The van der Waals surface area contributed by atoms with E-state index in [2.05, 4.69) is 18.7 Å². The zero-order valence-electron chi connectivity index (χ0n) is 9.84. The average Bonchev–Trinajstić information content (AvgIpc) is 2.18. The van der Waals surface area contributed by atoms with E-state index in [0.717, 1.165) is 12.5 Å². The molecule has 2 atom stereocenters. The van der Waals surface area contributed by atoms with Crippen LogP contribution < -0.4 is 5.73 Å². The Morgan fingerprint density at radius 3 is 2.86 bits per heavy atom. The molecule has 1 aliphatic rings. The van der Waals surface area contributed by atoms with Gasteiger partial charge in [0.25, 0.3) is 0 Å². The largest absolute Gasteiger partial charge is 0.327 e. The molecule has 1 rings (SSSR count).